The molecule has 0 aliphatic rings. The molecule has 0 amide bonds. The van der Waals surface area contributed by atoms with Gasteiger partial charge in [-0.1, -0.05) is 17.7 Å². The number of benzene rings is 1. The minimum absolute atomic E-state index is 0.103. The van der Waals surface area contributed by atoms with Gasteiger partial charge in [-0.05, 0) is 39.0 Å². The van der Waals surface area contributed by atoms with E-state index in [9.17, 15) is 8.78 Å². The van der Waals surface area contributed by atoms with Crippen LogP contribution in [0.2, 0.25) is 5.02 Å². The van der Waals surface area contributed by atoms with Gasteiger partial charge in [-0.15, -0.1) is 0 Å². The van der Waals surface area contributed by atoms with Crippen LogP contribution in [0.1, 0.15) is 38.5 Å². The number of rotatable bonds is 4. The van der Waals surface area contributed by atoms with E-state index in [0.717, 1.165) is 0 Å². The highest BCUT2D eigenvalue weighted by Crippen LogP contribution is 2.27. The van der Waals surface area contributed by atoms with Gasteiger partial charge >= 0.3 is 0 Å². The Morgan fingerprint density at radius 1 is 1.33 bits per heavy atom. The molecule has 0 atom stereocenters. The zero-order valence-electron chi connectivity index (χ0n) is 12.2. The number of hydrogen-bond donors (Lipinski definition) is 1. The van der Waals surface area contributed by atoms with Crippen LogP contribution in [0.25, 0.3) is 5.69 Å². The number of aromatic nitrogens is 2. The molecule has 0 saturated heterocycles. The molecule has 3 nitrogen and oxygen atoms in total. The largest absolute Gasteiger partial charge is 0.308 e. The van der Waals surface area contributed by atoms with Crippen molar-refractivity contribution in [2.75, 3.05) is 0 Å². The Kier molecular flexibility index (Phi) is 4.64. The molecule has 0 spiro atoms. The molecule has 0 radical (unpaired) electrons. The van der Waals surface area contributed by atoms with E-state index >= 15 is 0 Å². The quantitative estimate of drug-likeness (QED) is 0.909. The van der Waals surface area contributed by atoms with E-state index in [-0.39, 0.29) is 11.2 Å². The summed E-state index contributed by atoms with van der Waals surface area (Å²) >= 11 is 5.91. The Morgan fingerprint density at radius 3 is 2.62 bits per heavy atom. The van der Waals surface area contributed by atoms with Crippen molar-refractivity contribution in [1.82, 2.24) is 15.1 Å². The van der Waals surface area contributed by atoms with Crippen LogP contribution < -0.4 is 5.32 Å². The molecule has 2 aromatic rings. The molecular weight excluding hydrogens is 296 g/mol. The van der Waals surface area contributed by atoms with Gasteiger partial charge in [-0.25, -0.2) is 13.5 Å². The molecule has 1 N–H and O–H groups in total. The monoisotopic (exact) mass is 313 g/mol. The number of alkyl halides is 2. The topological polar surface area (TPSA) is 29.9 Å². The predicted octanol–water partition coefficient (Wildman–Crippen LogP) is 4.35. The second-order valence-electron chi connectivity index (χ2n) is 5.85. The lowest BCUT2D eigenvalue weighted by Crippen LogP contribution is -2.35. The zero-order chi connectivity index (χ0) is 15.6. The highest BCUT2D eigenvalue weighted by molar-refractivity contribution is 6.30. The molecule has 1 heterocycles. The Hall–Kier alpha value is -1.46. The Labute approximate surface area is 127 Å². The van der Waals surface area contributed by atoms with Crippen molar-refractivity contribution in [2.45, 2.75) is 39.3 Å². The van der Waals surface area contributed by atoms with Crippen molar-refractivity contribution < 1.29 is 8.78 Å². The minimum Gasteiger partial charge on any atom is -0.308 e. The van der Waals surface area contributed by atoms with Gasteiger partial charge in [0, 0.05) is 22.7 Å². The predicted molar refractivity (Wildman–Crippen MR) is 80.1 cm³/mol. The molecule has 1 aromatic heterocycles. The summed E-state index contributed by atoms with van der Waals surface area (Å²) in [6.45, 7) is 6.28. The van der Waals surface area contributed by atoms with Crippen molar-refractivity contribution in [1.29, 1.82) is 0 Å². The molecule has 2 rings (SSSR count). The third-order valence-corrected chi connectivity index (χ3v) is 3.19. The van der Waals surface area contributed by atoms with Gasteiger partial charge in [-0.2, -0.15) is 5.10 Å². The van der Waals surface area contributed by atoms with E-state index in [1.807, 2.05) is 20.8 Å². The van der Waals surface area contributed by atoms with Gasteiger partial charge in [0.05, 0.1) is 11.9 Å². The van der Waals surface area contributed by atoms with Gasteiger partial charge in [-0.3, -0.25) is 0 Å². The lowest BCUT2D eigenvalue weighted by atomic mass is 10.1. The Balaban J connectivity index is 2.37. The van der Waals surface area contributed by atoms with Gasteiger partial charge in [0.2, 0.25) is 0 Å². The summed E-state index contributed by atoms with van der Waals surface area (Å²) in [5.41, 5.74) is 0.756. The van der Waals surface area contributed by atoms with E-state index in [1.54, 1.807) is 24.3 Å². The molecule has 114 valence electrons. The van der Waals surface area contributed by atoms with Crippen molar-refractivity contribution in [2.24, 2.45) is 0 Å². The number of nitrogens with zero attached hydrogens (tertiary/aromatic N) is 2. The number of nitrogens with one attached hydrogen (secondary N) is 1. The first kappa shape index (κ1) is 15.9. The van der Waals surface area contributed by atoms with Gasteiger partial charge in [0.25, 0.3) is 6.43 Å². The van der Waals surface area contributed by atoms with Crippen LogP contribution in [0.5, 0.6) is 0 Å². The van der Waals surface area contributed by atoms with E-state index in [1.165, 1.54) is 10.9 Å². The average Bonchev–Trinajstić information content (AvgIpc) is 2.79. The van der Waals surface area contributed by atoms with Crippen molar-refractivity contribution in [3.63, 3.8) is 0 Å². The lowest BCUT2D eigenvalue weighted by Gasteiger charge is -2.20. The van der Waals surface area contributed by atoms with Gasteiger partial charge in [0.1, 0.15) is 5.69 Å². The number of halogens is 3. The summed E-state index contributed by atoms with van der Waals surface area (Å²) in [7, 11) is 0. The molecule has 21 heavy (non-hydrogen) atoms. The first-order chi connectivity index (χ1) is 9.78. The normalized spacial score (nSPS) is 12.1. The van der Waals surface area contributed by atoms with Crippen molar-refractivity contribution in [3.8, 4) is 5.69 Å². The van der Waals surface area contributed by atoms with Crippen LogP contribution in [0.15, 0.2) is 30.5 Å². The molecule has 0 saturated carbocycles. The first-order valence-corrected chi connectivity index (χ1v) is 7.01. The van der Waals surface area contributed by atoms with E-state index in [4.69, 9.17) is 11.6 Å². The van der Waals surface area contributed by atoms with Crippen LogP contribution in [0.3, 0.4) is 0 Å². The number of hydrogen-bond acceptors (Lipinski definition) is 2. The Morgan fingerprint density at radius 2 is 2.05 bits per heavy atom. The van der Waals surface area contributed by atoms with Crippen LogP contribution in [0, 0.1) is 0 Å². The fourth-order valence-electron chi connectivity index (χ4n) is 1.93. The minimum atomic E-state index is -2.61. The second-order valence-corrected chi connectivity index (χ2v) is 6.29. The zero-order valence-corrected chi connectivity index (χ0v) is 13.0. The molecular formula is C15H18ClF2N3. The van der Waals surface area contributed by atoms with Crippen molar-refractivity contribution >= 4 is 11.6 Å². The van der Waals surface area contributed by atoms with Crippen LogP contribution >= 0.6 is 11.6 Å². The third-order valence-electron chi connectivity index (χ3n) is 2.95. The third kappa shape index (κ3) is 4.02. The summed E-state index contributed by atoms with van der Waals surface area (Å²) in [6.07, 6.45) is -1.13. The summed E-state index contributed by atoms with van der Waals surface area (Å²) in [5, 5.41) is 7.77. The first-order valence-electron chi connectivity index (χ1n) is 6.64. The van der Waals surface area contributed by atoms with Gasteiger partial charge in [0.15, 0.2) is 0 Å². The summed E-state index contributed by atoms with van der Waals surface area (Å²) in [6, 6.07) is 6.72. The summed E-state index contributed by atoms with van der Waals surface area (Å²) in [4.78, 5) is 0. The second kappa shape index (κ2) is 6.12. The van der Waals surface area contributed by atoms with E-state index in [2.05, 4.69) is 10.4 Å². The molecule has 0 aliphatic carbocycles. The Bertz CT molecular complexity index is 618. The molecule has 1 aromatic carbocycles. The standard InChI is InChI=1S/C15H18ClF2N3/c1-15(2,3)19-8-10-9-20-21(13(10)14(17)18)12-6-4-5-11(16)7-12/h4-7,9,14,19H,8H2,1-3H3. The van der Waals surface area contributed by atoms with Crippen LogP contribution in [-0.2, 0) is 6.54 Å². The highest BCUT2D eigenvalue weighted by Gasteiger charge is 2.22. The maximum atomic E-state index is 13.4. The maximum absolute atomic E-state index is 13.4. The van der Waals surface area contributed by atoms with E-state index < -0.39 is 6.43 Å². The molecule has 0 bridgehead atoms. The fraction of sp³-hybridized carbons (Fsp3) is 0.400. The van der Waals surface area contributed by atoms with Crippen molar-refractivity contribution in [3.05, 3.63) is 46.7 Å². The molecule has 0 unspecified atom stereocenters. The highest BCUT2D eigenvalue weighted by atomic mass is 35.5. The molecule has 0 fully saturated rings. The SMILES string of the molecule is CC(C)(C)NCc1cnn(-c2cccc(Cl)c2)c1C(F)F. The van der Waals surface area contributed by atoms with E-state index in [0.29, 0.717) is 22.8 Å². The fourth-order valence-corrected chi connectivity index (χ4v) is 2.12. The molecule has 0 aliphatic heterocycles. The maximum Gasteiger partial charge on any atom is 0.280 e. The van der Waals surface area contributed by atoms with Crippen LogP contribution in [0.4, 0.5) is 8.78 Å². The van der Waals surface area contributed by atoms with Gasteiger partial charge < -0.3 is 5.32 Å². The summed E-state index contributed by atoms with van der Waals surface area (Å²) in [5.74, 6) is 0. The molecule has 6 heteroatoms. The average molecular weight is 314 g/mol. The van der Waals surface area contributed by atoms with Crippen LogP contribution in [-0.4, -0.2) is 15.3 Å². The smallest absolute Gasteiger partial charge is 0.280 e. The summed E-state index contributed by atoms with van der Waals surface area (Å²) < 4.78 is 28.1. The lowest BCUT2D eigenvalue weighted by molar-refractivity contribution is 0.141.